The van der Waals surface area contributed by atoms with Crippen molar-refractivity contribution in [1.29, 1.82) is 0 Å². The average Bonchev–Trinajstić information content (AvgIpc) is 2.84. The van der Waals surface area contributed by atoms with Crippen molar-refractivity contribution in [3.8, 4) is 0 Å². The van der Waals surface area contributed by atoms with E-state index in [1.807, 2.05) is 6.07 Å². The van der Waals surface area contributed by atoms with Crippen molar-refractivity contribution in [1.82, 2.24) is 24.8 Å². The van der Waals surface area contributed by atoms with Crippen molar-refractivity contribution in [2.75, 3.05) is 38.1 Å². The van der Waals surface area contributed by atoms with Gasteiger partial charge in [-0.15, -0.1) is 6.58 Å². The second-order valence-electron chi connectivity index (χ2n) is 7.84. The SMILES string of the molecule is C=CCn1c(=O)[nH]c2c(F)c(CN3CCN(c4ccc(C(=O)NC)nc4)CC3)ccc2c1=O. The molecule has 2 N–H and O–H groups in total. The van der Waals surface area contributed by atoms with E-state index in [0.717, 1.165) is 23.3 Å². The Hall–Kier alpha value is -3.79. The molecule has 0 saturated carbocycles. The molecule has 1 aliphatic heterocycles. The lowest BCUT2D eigenvalue weighted by Crippen LogP contribution is -2.46. The smallest absolute Gasteiger partial charge is 0.329 e. The zero-order valence-electron chi connectivity index (χ0n) is 18.3. The van der Waals surface area contributed by atoms with Crippen LogP contribution in [0.15, 0.2) is 52.7 Å². The number of fused-ring (bicyclic) bond motifs is 1. The number of anilines is 1. The number of aromatic nitrogens is 3. The lowest BCUT2D eigenvalue weighted by Gasteiger charge is -2.36. The molecule has 1 aliphatic rings. The van der Waals surface area contributed by atoms with Gasteiger partial charge < -0.3 is 15.2 Å². The molecule has 1 fully saturated rings. The Labute approximate surface area is 189 Å². The summed E-state index contributed by atoms with van der Waals surface area (Å²) >= 11 is 0. The highest BCUT2D eigenvalue weighted by Gasteiger charge is 2.21. The van der Waals surface area contributed by atoms with Gasteiger partial charge in [-0.25, -0.2) is 14.2 Å². The van der Waals surface area contributed by atoms with E-state index >= 15 is 4.39 Å². The predicted molar refractivity (Wildman–Crippen MR) is 124 cm³/mol. The minimum absolute atomic E-state index is 0.0573. The summed E-state index contributed by atoms with van der Waals surface area (Å²) in [5.41, 5.74) is 0.443. The monoisotopic (exact) mass is 452 g/mol. The van der Waals surface area contributed by atoms with Crippen molar-refractivity contribution in [2.45, 2.75) is 13.1 Å². The Morgan fingerprint density at radius 2 is 1.97 bits per heavy atom. The first-order valence-electron chi connectivity index (χ1n) is 10.6. The van der Waals surface area contributed by atoms with Gasteiger partial charge in [0.05, 0.1) is 22.8 Å². The summed E-state index contributed by atoms with van der Waals surface area (Å²) in [6.45, 7) is 6.80. The van der Waals surface area contributed by atoms with Crippen LogP contribution in [0.25, 0.3) is 10.9 Å². The summed E-state index contributed by atoms with van der Waals surface area (Å²) in [5.74, 6) is -0.811. The van der Waals surface area contributed by atoms with Crippen LogP contribution in [0.2, 0.25) is 0 Å². The Morgan fingerprint density at radius 1 is 1.21 bits per heavy atom. The second-order valence-corrected chi connectivity index (χ2v) is 7.84. The van der Waals surface area contributed by atoms with Crippen LogP contribution in [0.5, 0.6) is 0 Å². The molecule has 3 aromatic rings. The van der Waals surface area contributed by atoms with Crippen LogP contribution in [-0.2, 0) is 13.1 Å². The standard InChI is InChI=1S/C23H25FN6O3/c1-3-8-30-22(32)17-6-4-15(19(24)20(17)27-23(30)33)14-28-9-11-29(12-10-28)16-5-7-18(26-13-16)21(31)25-2/h3-7,13H,1,8-12,14H2,2H3,(H,25,31)(H,27,33). The van der Waals surface area contributed by atoms with E-state index in [-0.39, 0.29) is 23.4 Å². The molecule has 0 unspecified atom stereocenters. The van der Waals surface area contributed by atoms with Gasteiger partial charge in [-0.05, 0) is 18.2 Å². The first-order valence-corrected chi connectivity index (χ1v) is 10.6. The number of halogens is 1. The molecule has 0 atom stereocenters. The number of piperazine rings is 1. The van der Waals surface area contributed by atoms with E-state index in [4.69, 9.17) is 0 Å². The molecule has 1 amide bonds. The molecule has 2 aromatic heterocycles. The molecule has 33 heavy (non-hydrogen) atoms. The number of rotatable bonds is 6. The highest BCUT2D eigenvalue weighted by molar-refractivity contribution is 5.92. The first-order chi connectivity index (χ1) is 15.9. The molecule has 0 radical (unpaired) electrons. The highest BCUT2D eigenvalue weighted by atomic mass is 19.1. The largest absolute Gasteiger partial charge is 0.368 e. The Bertz CT molecular complexity index is 1310. The van der Waals surface area contributed by atoms with E-state index in [2.05, 4.69) is 31.7 Å². The van der Waals surface area contributed by atoms with E-state index in [1.165, 1.54) is 6.08 Å². The number of pyridine rings is 1. The summed E-state index contributed by atoms with van der Waals surface area (Å²) in [7, 11) is 1.56. The van der Waals surface area contributed by atoms with Gasteiger partial charge in [-0.2, -0.15) is 0 Å². The number of nitrogens with zero attached hydrogens (tertiary/aromatic N) is 4. The number of carbonyl (C=O) groups is 1. The second kappa shape index (κ2) is 9.37. The number of nitrogens with one attached hydrogen (secondary N) is 2. The van der Waals surface area contributed by atoms with Crippen LogP contribution in [-0.4, -0.2) is 58.6 Å². The van der Waals surface area contributed by atoms with Gasteiger partial charge in [0.2, 0.25) is 0 Å². The molecule has 1 aromatic carbocycles. The third-order valence-electron chi connectivity index (χ3n) is 5.83. The number of H-pyrrole nitrogens is 1. The maximum atomic E-state index is 15.2. The van der Waals surface area contributed by atoms with Crippen LogP contribution < -0.4 is 21.5 Å². The lowest BCUT2D eigenvalue weighted by atomic mass is 10.1. The third-order valence-corrected chi connectivity index (χ3v) is 5.83. The molecule has 0 aliphatic carbocycles. The van der Waals surface area contributed by atoms with Crippen LogP contribution in [0, 0.1) is 5.82 Å². The number of carbonyl (C=O) groups excluding carboxylic acids is 1. The van der Waals surface area contributed by atoms with Crippen molar-refractivity contribution in [2.24, 2.45) is 0 Å². The molecule has 4 rings (SSSR count). The summed E-state index contributed by atoms with van der Waals surface area (Å²) in [6, 6.07) is 6.71. The molecule has 9 nitrogen and oxygen atoms in total. The quantitative estimate of drug-likeness (QED) is 0.543. The molecule has 3 heterocycles. The summed E-state index contributed by atoms with van der Waals surface area (Å²) in [4.78, 5) is 47.3. The number of hydrogen-bond donors (Lipinski definition) is 2. The van der Waals surface area contributed by atoms with Crippen LogP contribution >= 0.6 is 0 Å². The molecular formula is C23H25FN6O3. The summed E-state index contributed by atoms with van der Waals surface area (Å²) < 4.78 is 16.1. The van der Waals surface area contributed by atoms with Gasteiger partial charge in [0.1, 0.15) is 5.69 Å². The van der Waals surface area contributed by atoms with Crippen molar-refractivity contribution >= 4 is 22.5 Å². The van der Waals surface area contributed by atoms with E-state index < -0.39 is 17.1 Å². The maximum absolute atomic E-state index is 15.2. The number of allylic oxidation sites excluding steroid dienone is 1. The van der Waals surface area contributed by atoms with E-state index in [1.54, 1.807) is 31.4 Å². The van der Waals surface area contributed by atoms with Crippen LogP contribution in [0.4, 0.5) is 10.1 Å². The Kier molecular flexibility index (Phi) is 6.36. The van der Waals surface area contributed by atoms with Crippen molar-refractivity contribution in [3.05, 3.63) is 81.0 Å². The fourth-order valence-corrected chi connectivity index (χ4v) is 3.99. The minimum Gasteiger partial charge on any atom is -0.368 e. The van der Waals surface area contributed by atoms with Crippen LogP contribution in [0.3, 0.4) is 0 Å². The number of hydrogen-bond acceptors (Lipinski definition) is 6. The predicted octanol–water partition coefficient (Wildman–Crippen LogP) is 1.09. The van der Waals surface area contributed by atoms with Crippen molar-refractivity contribution < 1.29 is 9.18 Å². The van der Waals surface area contributed by atoms with E-state index in [9.17, 15) is 14.4 Å². The topological polar surface area (TPSA) is 103 Å². The third kappa shape index (κ3) is 4.42. The van der Waals surface area contributed by atoms with Gasteiger partial charge >= 0.3 is 5.69 Å². The van der Waals surface area contributed by atoms with Gasteiger partial charge in [-0.3, -0.25) is 19.1 Å². The van der Waals surface area contributed by atoms with E-state index in [0.29, 0.717) is 30.9 Å². The fourth-order valence-electron chi connectivity index (χ4n) is 3.99. The fraction of sp³-hybridized carbons (Fsp3) is 0.304. The van der Waals surface area contributed by atoms with Gasteiger partial charge in [-0.1, -0.05) is 12.1 Å². The summed E-state index contributed by atoms with van der Waals surface area (Å²) in [6.07, 6.45) is 3.12. The molecule has 172 valence electrons. The first kappa shape index (κ1) is 22.4. The molecular weight excluding hydrogens is 427 g/mol. The zero-order chi connectivity index (χ0) is 23.5. The molecule has 10 heteroatoms. The van der Waals surface area contributed by atoms with Gasteiger partial charge in [0.15, 0.2) is 5.82 Å². The highest BCUT2D eigenvalue weighted by Crippen LogP contribution is 2.20. The van der Waals surface area contributed by atoms with Crippen LogP contribution in [0.1, 0.15) is 16.1 Å². The lowest BCUT2D eigenvalue weighted by molar-refractivity contribution is 0.0958. The number of amides is 1. The molecule has 1 saturated heterocycles. The zero-order valence-corrected chi connectivity index (χ0v) is 18.3. The molecule has 0 spiro atoms. The minimum atomic E-state index is -0.659. The Balaban J connectivity index is 1.46. The van der Waals surface area contributed by atoms with Gasteiger partial charge in [0.25, 0.3) is 11.5 Å². The maximum Gasteiger partial charge on any atom is 0.329 e. The average molecular weight is 452 g/mol. The number of benzene rings is 1. The normalized spacial score (nSPS) is 14.4. The van der Waals surface area contributed by atoms with Gasteiger partial charge in [0, 0.05) is 51.9 Å². The number of aromatic amines is 1. The molecule has 0 bridgehead atoms. The Morgan fingerprint density at radius 3 is 2.61 bits per heavy atom. The van der Waals surface area contributed by atoms with Crippen molar-refractivity contribution in [3.63, 3.8) is 0 Å². The summed E-state index contributed by atoms with van der Waals surface area (Å²) in [5, 5.41) is 2.68.